The molecule has 1 saturated carbocycles. The summed E-state index contributed by atoms with van der Waals surface area (Å²) in [7, 11) is 0. The lowest BCUT2D eigenvalue weighted by Crippen LogP contribution is -2.37. The first-order valence-corrected chi connectivity index (χ1v) is 6.67. The van der Waals surface area contributed by atoms with Crippen LogP contribution in [0.3, 0.4) is 0 Å². The highest BCUT2D eigenvalue weighted by Gasteiger charge is 2.43. The Labute approximate surface area is 114 Å². The van der Waals surface area contributed by atoms with Crippen LogP contribution >= 0.6 is 0 Å². The van der Waals surface area contributed by atoms with Gasteiger partial charge in [-0.15, -0.1) is 0 Å². The highest BCUT2D eigenvalue weighted by atomic mass is 19.4. The lowest BCUT2D eigenvalue weighted by molar-refractivity contribution is -0.137. The maximum atomic E-state index is 12.7. The number of fused-ring (bicyclic) bond motifs is 1. The molecule has 1 aromatic rings. The highest BCUT2D eigenvalue weighted by molar-refractivity contribution is 6.00. The summed E-state index contributed by atoms with van der Waals surface area (Å²) in [5.41, 5.74) is -0.415. The van der Waals surface area contributed by atoms with Crippen molar-refractivity contribution in [1.29, 1.82) is 0 Å². The van der Waals surface area contributed by atoms with Crippen LogP contribution in [0.25, 0.3) is 0 Å². The molecule has 1 aliphatic carbocycles. The Morgan fingerprint density at radius 2 is 1.80 bits per heavy atom. The monoisotopic (exact) mass is 284 g/mol. The topological polar surface area (TPSA) is 41.1 Å². The zero-order chi connectivity index (χ0) is 14.4. The Hall–Kier alpha value is -1.72. The normalized spacial score (nSPS) is 21.1. The molecule has 1 aromatic carbocycles. The van der Waals surface area contributed by atoms with Gasteiger partial charge in [-0.1, -0.05) is 12.8 Å². The molecule has 20 heavy (non-hydrogen) atoms. The number of alkyl halides is 3. The van der Waals surface area contributed by atoms with Gasteiger partial charge < -0.3 is 10.6 Å². The molecule has 1 spiro atoms. The number of hydrogen-bond acceptors (Lipinski definition) is 2. The first-order chi connectivity index (χ1) is 9.41. The fraction of sp³-hybridized carbons (Fsp3) is 0.500. The second-order valence-corrected chi connectivity index (χ2v) is 5.55. The summed E-state index contributed by atoms with van der Waals surface area (Å²) >= 11 is 0. The van der Waals surface area contributed by atoms with Gasteiger partial charge in [0.15, 0.2) is 0 Å². The molecule has 1 amide bonds. The molecular weight excluding hydrogens is 269 g/mol. The summed E-state index contributed by atoms with van der Waals surface area (Å²) in [6.45, 7) is 0.396. The van der Waals surface area contributed by atoms with E-state index < -0.39 is 17.2 Å². The molecule has 108 valence electrons. The number of hydrogen-bond donors (Lipinski definition) is 2. The van der Waals surface area contributed by atoms with Crippen LogP contribution < -0.4 is 10.6 Å². The summed E-state index contributed by atoms with van der Waals surface area (Å²) in [4.78, 5) is 12.3. The lowest BCUT2D eigenvalue weighted by Gasteiger charge is -2.24. The molecule has 0 atom stereocenters. The average Bonchev–Trinajstić information content (AvgIpc) is 2.81. The Morgan fingerprint density at radius 1 is 1.10 bits per heavy atom. The van der Waals surface area contributed by atoms with Gasteiger partial charge in [0.2, 0.25) is 5.91 Å². The van der Waals surface area contributed by atoms with E-state index in [2.05, 4.69) is 10.6 Å². The molecule has 6 heteroatoms. The van der Waals surface area contributed by atoms with Gasteiger partial charge in [-0.2, -0.15) is 13.2 Å². The average molecular weight is 284 g/mol. The summed E-state index contributed by atoms with van der Waals surface area (Å²) in [6.07, 6.45) is -0.839. The van der Waals surface area contributed by atoms with Gasteiger partial charge >= 0.3 is 6.18 Å². The van der Waals surface area contributed by atoms with E-state index in [9.17, 15) is 18.0 Å². The van der Waals surface area contributed by atoms with Crippen LogP contribution in [-0.4, -0.2) is 12.5 Å². The van der Waals surface area contributed by atoms with E-state index in [1.54, 1.807) is 0 Å². The van der Waals surface area contributed by atoms with Gasteiger partial charge in [0, 0.05) is 6.54 Å². The Bertz CT molecular complexity index is 548. The molecule has 3 rings (SSSR count). The maximum Gasteiger partial charge on any atom is 0.416 e. The third-order valence-corrected chi connectivity index (χ3v) is 4.25. The van der Waals surface area contributed by atoms with E-state index in [0.717, 1.165) is 37.8 Å². The van der Waals surface area contributed by atoms with Gasteiger partial charge in [0.1, 0.15) is 0 Å². The fourth-order valence-corrected chi connectivity index (χ4v) is 3.03. The summed E-state index contributed by atoms with van der Waals surface area (Å²) in [5, 5.41) is 5.78. The van der Waals surface area contributed by atoms with E-state index in [4.69, 9.17) is 0 Å². The maximum absolute atomic E-state index is 12.7. The number of anilines is 2. The zero-order valence-corrected chi connectivity index (χ0v) is 10.8. The number of nitrogens with one attached hydrogen (secondary N) is 2. The van der Waals surface area contributed by atoms with Gasteiger partial charge in [-0.3, -0.25) is 4.79 Å². The fourth-order valence-electron chi connectivity index (χ4n) is 3.03. The third kappa shape index (κ3) is 2.13. The highest BCUT2D eigenvalue weighted by Crippen LogP contribution is 2.43. The van der Waals surface area contributed by atoms with E-state index in [0.29, 0.717) is 17.9 Å². The van der Waals surface area contributed by atoms with E-state index in [1.807, 2.05) is 0 Å². The van der Waals surface area contributed by atoms with Gasteiger partial charge in [0.25, 0.3) is 0 Å². The molecule has 0 radical (unpaired) electrons. The van der Waals surface area contributed by atoms with E-state index >= 15 is 0 Å². The van der Waals surface area contributed by atoms with Gasteiger partial charge in [-0.25, -0.2) is 0 Å². The SMILES string of the molecule is O=C1Nc2ccc(C(F)(F)F)cc2NCC12CCCC2. The van der Waals surface area contributed by atoms with Crippen molar-refractivity contribution in [3.8, 4) is 0 Å². The molecule has 1 fully saturated rings. The molecule has 2 N–H and O–H groups in total. The van der Waals surface area contributed by atoms with Crippen molar-refractivity contribution < 1.29 is 18.0 Å². The third-order valence-electron chi connectivity index (χ3n) is 4.25. The first-order valence-electron chi connectivity index (χ1n) is 6.67. The van der Waals surface area contributed by atoms with Crippen LogP contribution in [0.5, 0.6) is 0 Å². The number of benzene rings is 1. The number of rotatable bonds is 0. The number of carbonyl (C=O) groups is 1. The second-order valence-electron chi connectivity index (χ2n) is 5.55. The smallest absolute Gasteiger partial charge is 0.382 e. The summed E-state index contributed by atoms with van der Waals surface area (Å²) in [5.74, 6) is -0.0824. The van der Waals surface area contributed by atoms with Crippen molar-refractivity contribution in [1.82, 2.24) is 0 Å². The minimum atomic E-state index is -4.38. The number of carbonyl (C=O) groups excluding carboxylic acids is 1. The molecule has 3 nitrogen and oxygen atoms in total. The Kier molecular flexibility index (Phi) is 2.92. The molecule has 0 saturated heterocycles. The van der Waals surface area contributed by atoms with Gasteiger partial charge in [-0.05, 0) is 31.0 Å². The van der Waals surface area contributed by atoms with Crippen LogP contribution in [0.1, 0.15) is 31.2 Å². The van der Waals surface area contributed by atoms with Crippen molar-refractivity contribution in [2.45, 2.75) is 31.9 Å². The Balaban J connectivity index is 1.94. The second kappa shape index (κ2) is 4.40. The molecule has 0 aromatic heterocycles. The van der Waals surface area contributed by atoms with Crippen molar-refractivity contribution in [3.05, 3.63) is 23.8 Å². The van der Waals surface area contributed by atoms with E-state index in [-0.39, 0.29) is 5.91 Å². The van der Waals surface area contributed by atoms with Crippen molar-refractivity contribution in [3.63, 3.8) is 0 Å². The van der Waals surface area contributed by atoms with Crippen molar-refractivity contribution >= 4 is 17.3 Å². The quantitative estimate of drug-likeness (QED) is 0.764. The van der Waals surface area contributed by atoms with Crippen LogP contribution in [0.15, 0.2) is 18.2 Å². The predicted molar refractivity (Wildman–Crippen MR) is 69.5 cm³/mol. The number of amides is 1. The summed E-state index contributed by atoms with van der Waals surface area (Å²) < 4.78 is 38.1. The number of halogens is 3. The van der Waals surface area contributed by atoms with Crippen molar-refractivity contribution in [2.75, 3.05) is 17.2 Å². The molecule has 0 unspecified atom stereocenters. The first kappa shape index (κ1) is 13.3. The molecular formula is C14H15F3N2O. The zero-order valence-electron chi connectivity index (χ0n) is 10.8. The lowest BCUT2D eigenvalue weighted by atomic mass is 9.85. The van der Waals surface area contributed by atoms with E-state index in [1.165, 1.54) is 6.07 Å². The molecule has 2 aliphatic rings. The predicted octanol–water partition coefficient (Wildman–Crippen LogP) is 3.63. The van der Waals surface area contributed by atoms with Crippen LogP contribution in [0.4, 0.5) is 24.5 Å². The van der Waals surface area contributed by atoms with Crippen LogP contribution in [0.2, 0.25) is 0 Å². The van der Waals surface area contributed by atoms with Crippen molar-refractivity contribution in [2.24, 2.45) is 5.41 Å². The van der Waals surface area contributed by atoms with Crippen LogP contribution in [-0.2, 0) is 11.0 Å². The van der Waals surface area contributed by atoms with Gasteiger partial charge in [0.05, 0.1) is 22.4 Å². The molecule has 0 bridgehead atoms. The standard InChI is InChI=1S/C14H15F3N2O/c15-14(16,17)9-3-4-10-11(7-9)18-8-13(12(20)19-10)5-1-2-6-13/h3-4,7,18H,1-2,5-6,8H2,(H,19,20). The largest absolute Gasteiger partial charge is 0.416 e. The minimum absolute atomic E-state index is 0.0824. The minimum Gasteiger partial charge on any atom is -0.382 e. The van der Waals surface area contributed by atoms with Crippen LogP contribution in [0, 0.1) is 5.41 Å². The Morgan fingerprint density at radius 3 is 2.45 bits per heavy atom. The molecule has 1 heterocycles. The molecule has 1 aliphatic heterocycles. The summed E-state index contributed by atoms with van der Waals surface area (Å²) in [6, 6.07) is 3.37.